The highest BCUT2D eigenvalue weighted by molar-refractivity contribution is 6.89. The van der Waals surface area contributed by atoms with Crippen molar-refractivity contribution >= 4 is 93.0 Å². The Labute approximate surface area is 387 Å². The third kappa shape index (κ3) is 9.49. The minimum Gasteiger partial charge on any atom is -0.310 e. The smallest absolute Gasteiger partial charge is 0.310 e. The number of hydrogen-bond acceptors (Lipinski definition) is 2. The van der Waals surface area contributed by atoms with Crippen LogP contribution in [-0.4, -0.2) is 28.5 Å². The Hall–Kier alpha value is -5.59. The highest BCUT2D eigenvalue weighted by Crippen LogP contribution is 2.51. The number of rotatable bonds is 12. The van der Waals surface area contributed by atoms with Crippen molar-refractivity contribution < 1.29 is 26.3 Å². The van der Waals surface area contributed by atoms with E-state index >= 15 is 0 Å². The minimum absolute atomic E-state index is 0.110. The van der Waals surface area contributed by atoms with Crippen LogP contribution in [0.1, 0.15) is 61.8 Å². The molecule has 2 nitrogen and oxygen atoms in total. The third-order valence-corrected chi connectivity index (χ3v) is 17.0. The van der Waals surface area contributed by atoms with Crippen LogP contribution in [0.5, 0.6) is 0 Å². The quantitative estimate of drug-likeness (QED) is 0.0684. The van der Waals surface area contributed by atoms with Gasteiger partial charge in [-0.3, -0.25) is 0 Å². The molecule has 342 valence electrons. The van der Waals surface area contributed by atoms with E-state index in [-0.39, 0.29) is 23.0 Å². The van der Waals surface area contributed by atoms with E-state index in [0.29, 0.717) is 0 Å². The van der Waals surface area contributed by atoms with Crippen molar-refractivity contribution in [2.75, 3.05) is 9.80 Å². The fraction of sp³-hybridized carbons (Fsp3) is 0.286. The van der Waals surface area contributed by atoms with E-state index in [0.717, 1.165) is 77.6 Å². The highest BCUT2D eigenvalue weighted by atomic mass is 28.3. The molecule has 8 rings (SSSR count). The monoisotopic (exact) mass is 928 g/mol. The molecule has 0 spiro atoms. The van der Waals surface area contributed by atoms with Gasteiger partial charge in [-0.1, -0.05) is 150 Å². The van der Waals surface area contributed by atoms with Crippen LogP contribution in [0.15, 0.2) is 133 Å². The predicted molar refractivity (Wildman–Crippen MR) is 273 cm³/mol. The predicted octanol–water partition coefficient (Wildman–Crippen LogP) is 17.1. The molecule has 0 fully saturated rings. The van der Waals surface area contributed by atoms with E-state index in [1.54, 1.807) is 48.5 Å². The lowest BCUT2D eigenvalue weighted by atomic mass is 9.84. The Balaban J connectivity index is 1.44. The Morgan fingerprint density at radius 1 is 0.394 bits per heavy atom. The molecule has 0 aliphatic carbocycles. The molecule has 8 aromatic carbocycles. The van der Waals surface area contributed by atoms with Gasteiger partial charge < -0.3 is 9.80 Å². The lowest BCUT2D eigenvalue weighted by Gasteiger charge is -2.32. The molecule has 0 heterocycles. The first-order valence-electron chi connectivity index (χ1n) is 22.8. The summed E-state index contributed by atoms with van der Waals surface area (Å²) in [5.74, 6) is 0.221. The topological polar surface area (TPSA) is 6.48 Å². The van der Waals surface area contributed by atoms with E-state index in [9.17, 15) is 26.3 Å². The van der Waals surface area contributed by atoms with Crippen LogP contribution in [0.25, 0.3) is 32.3 Å². The number of benzene rings is 8. The highest BCUT2D eigenvalue weighted by Gasteiger charge is 2.31. The van der Waals surface area contributed by atoms with Gasteiger partial charge in [0.1, 0.15) is 0 Å². The molecule has 0 aromatic heterocycles. The molecule has 0 atom stereocenters. The Bertz CT molecular complexity index is 2790. The van der Waals surface area contributed by atoms with Gasteiger partial charge in [-0.15, -0.1) is 0 Å². The zero-order valence-electron chi connectivity index (χ0n) is 39.4. The lowest BCUT2D eigenvalue weighted by Crippen LogP contribution is -2.37. The maximum atomic E-state index is 13.6. The maximum Gasteiger partial charge on any atom is 0.393 e. The second kappa shape index (κ2) is 17.2. The minimum atomic E-state index is -4.33. The van der Waals surface area contributed by atoms with Crippen LogP contribution in [0.3, 0.4) is 0 Å². The van der Waals surface area contributed by atoms with Crippen molar-refractivity contribution in [1.82, 2.24) is 0 Å². The molecule has 0 radical (unpaired) electrons. The van der Waals surface area contributed by atoms with E-state index in [1.807, 2.05) is 0 Å². The molecule has 0 aliphatic heterocycles. The van der Waals surface area contributed by atoms with Gasteiger partial charge >= 0.3 is 12.4 Å². The number of anilines is 6. The number of nitrogens with zero attached hydrogens (tertiary/aromatic N) is 2. The first-order chi connectivity index (χ1) is 30.9. The van der Waals surface area contributed by atoms with Crippen molar-refractivity contribution in [2.24, 2.45) is 0 Å². The molecule has 10 heteroatoms. The molecule has 0 unspecified atom stereocenters. The van der Waals surface area contributed by atoms with E-state index in [4.69, 9.17) is 0 Å². The van der Waals surface area contributed by atoms with E-state index in [1.165, 1.54) is 10.4 Å². The molecule has 0 bridgehead atoms. The summed E-state index contributed by atoms with van der Waals surface area (Å²) in [6, 6.07) is 44.1. The SMILES string of the molecule is CC(C)c1cc(N(c2ccc(CC(F)(F)F)cc2)c2ccc([Si](C)(C)C)cc2)c2ccc3c(C(C)C)cc(N(c4ccc(CC(F)(F)F)cc4)c4ccc([Si](C)(C)C)cc4)c4ccc1c2c34. The fourth-order valence-corrected chi connectivity index (χ4v) is 11.7. The number of hydrogen-bond donors (Lipinski definition) is 0. The largest absolute Gasteiger partial charge is 0.393 e. The van der Waals surface area contributed by atoms with Gasteiger partial charge in [0.05, 0.1) is 40.4 Å². The Morgan fingerprint density at radius 2 is 0.667 bits per heavy atom. The molecular formula is C56H58F6N2Si2. The summed E-state index contributed by atoms with van der Waals surface area (Å²) in [6.07, 6.45) is -10.7. The molecule has 0 aliphatic rings. The maximum absolute atomic E-state index is 13.6. The van der Waals surface area contributed by atoms with Crippen LogP contribution in [-0.2, 0) is 12.8 Å². The zero-order chi connectivity index (χ0) is 47.7. The Kier molecular flexibility index (Phi) is 12.3. The summed E-state index contributed by atoms with van der Waals surface area (Å²) in [5, 5.41) is 8.99. The number of alkyl halides is 6. The van der Waals surface area contributed by atoms with Crippen LogP contribution < -0.4 is 20.2 Å². The summed E-state index contributed by atoms with van der Waals surface area (Å²) in [4.78, 5) is 4.37. The van der Waals surface area contributed by atoms with Gasteiger partial charge in [0.25, 0.3) is 0 Å². The summed E-state index contributed by atoms with van der Waals surface area (Å²) in [7, 11) is -3.33. The standard InChI is InChI=1S/C56H58F6N2Si2/c1-35(2)49-31-51(63(41-19-23-43(24-20-41)65(5,6)7)39-15-11-37(12-16-39)33-55(57,58)59)47-30-28-46-50(36(3)4)32-52(48-29-27-45(49)53(47)54(46)48)64(42-21-25-44(26-22-42)66(8,9)10)40-17-13-38(14-18-40)34-56(60,61)62/h11-32,35-36H,33-34H2,1-10H3. The average molecular weight is 929 g/mol. The summed E-state index contributed by atoms with van der Waals surface area (Å²) >= 11 is 0. The summed E-state index contributed by atoms with van der Waals surface area (Å²) < 4.78 is 81.5. The van der Waals surface area contributed by atoms with Crippen molar-refractivity contribution in [3.63, 3.8) is 0 Å². The van der Waals surface area contributed by atoms with E-state index in [2.05, 4.69) is 162 Å². The molecule has 66 heavy (non-hydrogen) atoms. The summed E-state index contributed by atoms with van der Waals surface area (Å²) in [6.45, 7) is 22.6. The average Bonchev–Trinajstić information content (AvgIpc) is 3.23. The molecular weight excluding hydrogens is 871 g/mol. The fourth-order valence-electron chi connectivity index (χ4n) is 9.40. The van der Waals surface area contributed by atoms with Crippen molar-refractivity contribution in [2.45, 2.75) is 104 Å². The van der Waals surface area contributed by atoms with Gasteiger partial charge in [-0.2, -0.15) is 26.3 Å². The van der Waals surface area contributed by atoms with Crippen molar-refractivity contribution in [3.05, 3.63) is 156 Å². The first kappa shape index (κ1) is 46.9. The van der Waals surface area contributed by atoms with Gasteiger partial charge in [-0.05, 0) is 116 Å². The molecule has 0 N–H and O–H groups in total. The molecule has 0 amide bonds. The van der Waals surface area contributed by atoms with E-state index < -0.39 is 41.3 Å². The molecule has 0 saturated carbocycles. The molecule has 8 aromatic rings. The normalized spacial score (nSPS) is 12.9. The van der Waals surface area contributed by atoms with Gasteiger partial charge in [0.15, 0.2) is 0 Å². The Morgan fingerprint density at radius 3 is 0.924 bits per heavy atom. The van der Waals surface area contributed by atoms with Crippen LogP contribution in [0.4, 0.5) is 60.5 Å². The second-order valence-corrected chi connectivity index (χ2v) is 30.7. The zero-order valence-corrected chi connectivity index (χ0v) is 41.4. The summed E-state index contributed by atoms with van der Waals surface area (Å²) in [5.41, 5.74) is 7.80. The van der Waals surface area contributed by atoms with Crippen LogP contribution >= 0.6 is 0 Å². The van der Waals surface area contributed by atoms with Crippen molar-refractivity contribution in [1.29, 1.82) is 0 Å². The van der Waals surface area contributed by atoms with Crippen LogP contribution in [0.2, 0.25) is 39.3 Å². The first-order valence-corrected chi connectivity index (χ1v) is 29.8. The molecule has 0 saturated heterocycles. The third-order valence-electron chi connectivity index (χ3n) is 12.8. The number of halogens is 6. The lowest BCUT2D eigenvalue weighted by molar-refractivity contribution is -0.128. The van der Waals surface area contributed by atoms with Gasteiger partial charge in [0.2, 0.25) is 0 Å². The van der Waals surface area contributed by atoms with Gasteiger partial charge in [0, 0.05) is 33.5 Å². The second-order valence-electron chi connectivity index (χ2n) is 20.5. The van der Waals surface area contributed by atoms with Crippen LogP contribution in [0, 0.1) is 0 Å². The van der Waals surface area contributed by atoms with Gasteiger partial charge in [-0.25, -0.2) is 0 Å². The van der Waals surface area contributed by atoms with Crippen molar-refractivity contribution in [3.8, 4) is 0 Å².